The molecule has 2 rings (SSSR count). The van der Waals surface area contributed by atoms with Gasteiger partial charge in [0.15, 0.2) is 0 Å². The number of nitrogens with zero attached hydrogens (tertiary/aromatic N) is 3. The molecule has 0 aromatic carbocycles. The minimum absolute atomic E-state index is 0.433. The number of aryl methyl sites for hydroxylation is 1. The van der Waals surface area contributed by atoms with E-state index in [-0.39, 0.29) is 0 Å². The second-order valence-electron chi connectivity index (χ2n) is 5.79. The number of imidazole rings is 1. The van der Waals surface area contributed by atoms with E-state index in [0.29, 0.717) is 12.0 Å². The van der Waals surface area contributed by atoms with Crippen molar-refractivity contribution in [3.63, 3.8) is 0 Å². The fourth-order valence-electron chi connectivity index (χ4n) is 2.50. The van der Waals surface area contributed by atoms with Crippen LogP contribution in [0, 0.1) is 5.92 Å². The Morgan fingerprint density at radius 1 is 1.35 bits per heavy atom. The summed E-state index contributed by atoms with van der Waals surface area (Å²) in [5.74, 6) is 0.592. The van der Waals surface area contributed by atoms with E-state index in [1.54, 1.807) is 0 Å². The van der Waals surface area contributed by atoms with Crippen LogP contribution in [0.4, 0.5) is 0 Å². The zero-order chi connectivity index (χ0) is 14.5. The summed E-state index contributed by atoms with van der Waals surface area (Å²) in [6, 6.07) is 2.66. The van der Waals surface area contributed by atoms with Gasteiger partial charge in [-0.25, -0.2) is 4.98 Å². The Morgan fingerprint density at radius 2 is 2.15 bits per heavy atom. The van der Waals surface area contributed by atoms with Crippen molar-refractivity contribution < 1.29 is 0 Å². The highest BCUT2D eigenvalue weighted by Crippen LogP contribution is 2.22. The van der Waals surface area contributed by atoms with E-state index in [2.05, 4.69) is 58.7 Å². The quantitative estimate of drug-likeness (QED) is 0.842. The first-order valence-electron chi connectivity index (χ1n) is 7.46. The second kappa shape index (κ2) is 6.75. The van der Waals surface area contributed by atoms with Gasteiger partial charge in [-0.15, -0.1) is 0 Å². The lowest BCUT2D eigenvalue weighted by Crippen LogP contribution is -2.26. The van der Waals surface area contributed by atoms with Gasteiger partial charge < -0.3 is 14.5 Å². The topological polar surface area (TPSA) is 34.8 Å². The molecule has 0 amide bonds. The standard InChI is InChI=1S/C16H26N4/c1-5-7-18-16(13(2)3)14-6-8-20(10-14)11-15-9-17-12-19(15)4/h6,8-10,12-13,16,18H,5,7,11H2,1-4H3. The van der Waals surface area contributed by atoms with E-state index in [1.165, 1.54) is 17.7 Å². The van der Waals surface area contributed by atoms with Gasteiger partial charge in [-0.1, -0.05) is 20.8 Å². The molecule has 2 heterocycles. The van der Waals surface area contributed by atoms with Crippen LogP contribution in [0.5, 0.6) is 0 Å². The normalized spacial score (nSPS) is 13.1. The third-order valence-electron chi connectivity index (χ3n) is 3.67. The predicted molar refractivity (Wildman–Crippen MR) is 82.6 cm³/mol. The molecule has 0 aliphatic rings. The molecule has 0 spiro atoms. The van der Waals surface area contributed by atoms with E-state index in [1.807, 2.05) is 19.6 Å². The summed E-state index contributed by atoms with van der Waals surface area (Å²) in [5, 5.41) is 3.64. The lowest BCUT2D eigenvalue weighted by Gasteiger charge is -2.21. The largest absolute Gasteiger partial charge is 0.348 e. The summed E-state index contributed by atoms with van der Waals surface area (Å²) in [6.07, 6.45) is 9.35. The van der Waals surface area contributed by atoms with Gasteiger partial charge in [0.2, 0.25) is 0 Å². The molecule has 4 nitrogen and oxygen atoms in total. The summed E-state index contributed by atoms with van der Waals surface area (Å²) in [7, 11) is 2.03. The Labute approximate surface area is 121 Å². The van der Waals surface area contributed by atoms with Gasteiger partial charge in [0, 0.05) is 31.7 Å². The first-order chi connectivity index (χ1) is 9.61. The second-order valence-corrected chi connectivity index (χ2v) is 5.79. The monoisotopic (exact) mass is 274 g/mol. The molecule has 0 saturated heterocycles. The van der Waals surface area contributed by atoms with Gasteiger partial charge in [0.25, 0.3) is 0 Å². The highest BCUT2D eigenvalue weighted by molar-refractivity contribution is 5.17. The molecular weight excluding hydrogens is 248 g/mol. The van der Waals surface area contributed by atoms with Crippen molar-refractivity contribution in [1.82, 2.24) is 19.4 Å². The van der Waals surface area contributed by atoms with Crippen molar-refractivity contribution in [2.24, 2.45) is 13.0 Å². The van der Waals surface area contributed by atoms with Gasteiger partial charge in [0.1, 0.15) is 0 Å². The van der Waals surface area contributed by atoms with E-state index in [9.17, 15) is 0 Å². The van der Waals surface area contributed by atoms with Crippen LogP contribution < -0.4 is 5.32 Å². The summed E-state index contributed by atoms with van der Waals surface area (Å²) < 4.78 is 4.30. The molecule has 4 heteroatoms. The number of nitrogens with one attached hydrogen (secondary N) is 1. The molecule has 0 aliphatic heterocycles. The van der Waals surface area contributed by atoms with Crippen LogP contribution in [-0.2, 0) is 13.6 Å². The van der Waals surface area contributed by atoms with Crippen molar-refractivity contribution in [1.29, 1.82) is 0 Å². The fourth-order valence-corrected chi connectivity index (χ4v) is 2.50. The molecule has 0 saturated carbocycles. The van der Waals surface area contributed by atoms with Crippen molar-refractivity contribution in [3.8, 4) is 0 Å². The van der Waals surface area contributed by atoms with E-state index < -0.39 is 0 Å². The molecule has 1 N–H and O–H groups in total. The number of hydrogen-bond donors (Lipinski definition) is 1. The maximum Gasteiger partial charge on any atom is 0.0946 e. The average Bonchev–Trinajstić information content (AvgIpc) is 3.01. The van der Waals surface area contributed by atoms with E-state index in [0.717, 1.165) is 13.1 Å². The Bertz CT molecular complexity index is 524. The number of aromatic nitrogens is 3. The van der Waals surface area contributed by atoms with Crippen LogP contribution >= 0.6 is 0 Å². The lowest BCUT2D eigenvalue weighted by molar-refractivity contribution is 0.412. The van der Waals surface area contributed by atoms with Gasteiger partial charge in [0.05, 0.1) is 18.6 Å². The lowest BCUT2D eigenvalue weighted by atomic mass is 9.98. The highest BCUT2D eigenvalue weighted by Gasteiger charge is 2.16. The Balaban J connectivity index is 2.08. The van der Waals surface area contributed by atoms with Gasteiger partial charge >= 0.3 is 0 Å². The van der Waals surface area contributed by atoms with Crippen molar-refractivity contribution in [2.75, 3.05) is 6.54 Å². The Morgan fingerprint density at radius 3 is 2.75 bits per heavy atom. The highest BCUT2D eigenvalue weighted by atomic mass is 15.1. The van der Waals surface area contributed by atoms with Crippen molar-refractivity contribution >= 4 is 0 Å². The molecule has 1 unspecified atom stereocenters. The van der Waals surface area contributed by atoms with Crippen molar-refractivity contribution in [3.05, 3.63) is 42.2 Å². The van der Waals surface area contributed by atoms with E-state index >= 15 is 0 Å². The van der Waals surface area contributed by atoms with Crippen LogP contribution in [0.15, 0.2) is 31.0 Å². The SMILES string of the molecule is CCCNC(c1ccn(Cc2cncn2C)c1)C(C)C. The molecule has 0 bridgehead atoms. The smallest absolute Gasteiger partial charge is 0.0946 e. The molecule has 0 fully saturated rings. The first-order valence-corrected chi connectivity index (χ1v) is 7.46. The molecule has 110 valence electrons. The molecule has 20 heavy (non-hydrogen) atoms. The molecule has 2 aromatic heterocycles. The van der Waals surface area contributed by atoms with Crippen LogP contribution in [0.25, 0.3) is 0 Å². The Hall–Kier alpha value is -1.55. The molecule has 0 radical (unpaired) electrons. The molecule has 0 aliphatic carbocycles. The molecular formula is C16H26N4. The maximum absolute atomic E-state index is 4.17. The Kier molecular flexibility index (Phi) is 5.01. The van der Waals surface area contributed by atoms with E-state index in [4.69, 9.17) is 0 Å². The number of rotatable bonds is 7. The fraction of sp³-hybridized carbons (Fsp3) is 0.562. The third kappa shape index (κ3) is 3.51. The van der Waals surface area contributed by atoms with Crippen LogP contribution in [-0.4, -0.2) is 20.7 Å². The van der Waals surface area contributed by atoms with Crippen LogP contribution in [0.3, 0.4) is 0 Å². The predicted octanol–water partition coefficient (Wildman–Crippen LogP) is 2.97. The zero-order valence-electron chi connectivity index (χ0n) is 13.0. The molecule has 1 atom stereocenters. The summed E-state index contributed by atoms with van der Waals surface area (Å²) in [4.78, 5) is 4.17. The summed E-state index contributed by atoms with van der Waals surface area (Å²) >= 11 is 0. The summed E-state index contributed by atoms with van der Waals surface area (Å²) in [5.41, 5.74) is 2.59. The van der Waals surface area contributed by atoms with Crippen molar-refractivity contribution in [2.45, 2.75) is 39.8 Å². The van der Waals surface area contributed by atoms with Gasteiger partial charge in [-0.3, -0.25) is 0 Å². The minimum atomic E-state index is 0.433. The number of hydrogen-bond acceptors (Lipinski definition) is 2. The van der Waals surface area contributed by atoms with Crippen LogP contribution in [0.1, 0.15) is 44.5 Å². The zero-order valence-corrected chi connectivity index (χ0v) is 13.0. The summed E-state index contributed by atoms with van der Waals surface area (Å²) in [6.45, 7) is 8.68. The third-order valence-corrected chi connectivity index (χ3v) is 3.67. The van der Waals surface area contributed by atoms with Crippen LogP contribution in [0.2, 0.25) is 0 Å². The molecule has 2 aromatic rings. The van der Waals surface area contributed by atoms with Gasteiger partial charge in [-0.05, 0) is 30.5 Å². The van der Waals surface area contributed by atoms with Gasteiger partial charge in [-0.2, -0.15) is 0 Å². The maximum atomic E-state index is 4.17. The minimum Gasteiger partial charge on any atom is -0.348 e. The first kappa shape index (κ1) is 14.9. The average molecular weight is 274 g/mol.